The minimum absolute atomic E-state index is 0.230. The molecule has 0 aliphatic carbocycles. The predicted molar refractivity (Wildman–Crippen MR) is 101 cm³/mol. The zero-order valence-electron chi connectivity index (χ0n) is 13.8. The average Bonchev–Trinajstić information content (AvgIpc) is 2.69. The topological polar surface area (TPSA) is 69.4 Å². The lowest BCUT2D eigenvalue weighted by Gasteiger charge is -2.17. The minimum Gasteiger partial charge on any atom is -0.445 e. The van der Waals surface area contributed by atoms with Crippen molar-refractivity contribution in [1.29, 1.82) is 0 Å². The first-order valence-corrected chi connectivity index (χ1v) is 8.34. The van der Waals surface area contributed by atoms with E-state index in [4.69, 9.17) is 22.1 Å². The molecule has 26 heavy (non-hydrogen) atoms. The summed E-state index contributed by atoms with van der Waals surface area (Å²) in [5, 5.41) is 0.349. The molecule has 2 N–H and O–H groups in total. The van der Waals surface area contributed by atoms with Gasteiger partial charge in [-0.15, -0.1) is 0 Å². The Morgan fingerprint density at radius 2 is 1.46 bits per heavy atom. The summed E-state index contributed by atoms with van der Waals surface area (Å²) in [6.45, 7) is 0. The molecule has 130 valence electrons. The molecule has 4 nitrogen and oxygen atoms in total. The monoisotopic (exact) mass is 365 g/mol. The molecule has 0 saturated heterocycles. The Hall–Kier alpha value is -3.11. The van der Waals surface area contributed by atoms with Gasteiger partial charge in [0.15, 0.2) is 6.10 Å². The number of nitrogens with two attached hydrogens (primary N) is 1. The van der Waals surface area contributed by atoms with Crippen LogP contribution in [0.1, 0.15) is 32.4 Å². The van der Waals surface area contributed by atoms with Gasteiger partial charge in [0, 0.05) is 11.1 Å². The maximum Gasteiger partial charge on any atom is 0.339 e. The van der Waals surface area contributed by atoms with Gasteiger partial charge in [-0.05, 0) is 18.2 Å². The van der Waals surface area contributed by atoms with Crippen molar-refractivity contribution in [3.05, 3.63) is 101 Å². The van der Waals surface area contributed by atoms with Crippen molar-refractivity contribution in [3.8, 4) is 0 Å². The number of halogens is 1. The molecule has 0 fully saturated rings. The summed E-state index contributed by atoms with van der Waals surface area (Å²) in [7, 11) is 0. The summed E-state index contributed by atoms with van der Waals surface area (Å²) in [5.74, 6) is -0.946. The molecule has 0 radical (unpaired) electrons. The van der Waals surface area contributed by atoms with Crippen LogP contribution < -0.4 is 5.73 Å². The molecule has 5 heteroatoms. The Balaban J connectivity index is 1.92. The Morgan fingerprint density at radius 1 is 0.846 bits per heavy atom. The number of hydrogen-bond donors (Lipinski definition) is 1. The first-order valence-electron chi connectivity index (χ1n) is 7.96. The first-order chi connectivity index (χ1) is 12.6. The fraction of sp³-hybridized carbons (Fsp3) is 0.0476. The van der Waals surface area contributed by atoms with Crippen LogP contribution in [0.3, 0.4) is 0 Å². The molecule has 3 aromatic rings. The Morgan fingerprint density at radius 3 is 2.08 bits per heavy atom. The number of carbonyl (C=O) groups is 2. The second-order valence-corrected chi connectivity index (χ2v) is 6.07. The standard InChI is InChI=1S/C21H16ClNO3/c22-17-12-11-16(13-18(17)23)21(25)26-20(15-9-5-2-6-10-15)19(24)14-7-3-1-4-8-14/h1-13,20H,23H2/t20-/m0/s1. The van der Waals surface area contributed by atoms with E-state index in [0.29, 0.717) is 16.1 Å². The molecule has 0 spiro atoms. The number of benzene rings is 3. The van der Waals surface area contributed by atoms with Gasteiger partial charge < -0.3 is 10.5 Å². The number of ketones is 1. The minimum atomic E-state index is -1.05. The maximum absolute atomic E-state index is 12.9. The van der Waals surface area contributed by atoms with Crippen molar-refractivity contribution < 1.29 is 14.3 Å². The van der Waals surface area contributed by atoms with Crippen LogP contribution in [0, 0.1) is 0 Å². The van der Waals surface area contributed by atoms with E-state index in [1.807, 2.05) is 12.1 Å². The van der Waals surface area contributed by atoms with E-state index in [1.54, 1.807) is 48.5 Å². The number of esters is 1. The molecule has 0 aliphatic heterocycles. The van der Waals surface area contributed by atoms with Gasteiger partial charge in [0.1, 0.15) is 0 Å². The van der Waals surface area contributed by atoms with E-state index in [9.17, 15) is 9.59 Å². The van der Waals surface area contributed by atoms with Gasteiger partial charge in [0.05, 0.1) is 16.3 Å². The van der Waals surface area contributed by atoms with E-state index in [1.165, 1.54) is 18.2 Å². The van der Waals surface area contributed by atoms with E-state index >= 15 is 0 Å². The number of Topliss-reactive ketones (excluding diaryl/α,β-unsaturated/α-hetero) is 1. The fourth-order valence-electron chi connectivity index (χ4n) is 2.50. The molecule has 1 atom stereocenters. The molecule has 0 amide bonds. The highest BCUT2D eigenvalue weighted by atomic mass is 35.5. The quantitative estimate of drug-likeness (QED) is 0.404. The number of carbonyl (C=O) groups excluding carboxylic acids is 2. The van der Waals surface area contributed by atoms with Gasteiger partial charge in [0.25, 0.3) is 0 Å². The Bertz CT molecular complexity index is 927. The van der Waals surface area contributed by atoms with Crippen molar-refractivity contribution in [2.75, 3.05) is 5.73 Å². The number of nitrogen functional groups attached to an aromatic ring is 1. The third kappa shape index (κ3) is 3.92. The molecule has 0 aromatic heterocycles. The number of anilines is 1. The van der Waals surface area contributed by atoms with E-state index in [-0.39, 0.29) is 17.0 Å². The van der Waals surface area contributed by atoms with Gasteiger partial charge in [-0.1, -0.05) is 72.3 Å². The van der Waals surface area contributed by atoms with Crippen LogP contribution in [0.2, 0.25) is 5.02 Å². The first kappa shape index (κ1) is 17.7. The molecular weight excluding hydrogens is 350 g/mol. The van der Waals surface area contributed by atoms with Crippen LogP contribution in [0.5, 0.6) is 0 Å². The van der Waals surface area contributed by atoms with Gasteiger partial charge in [-0.25, -0.2) is 4.79 Å². The summed E-state index contributed by atoms with van der Waals surface area (Å²) in [6.07, 6.45) is -1.05. The highest BCUT2D eigenvalue weighted by Crippen LogP contribution is 2.26. The van der Waals surface area contributed by atoms with Crippen molar-refractivity contribution in [2.45, 2.75) is 6.10 Å². The second-order valence-electron chi connectivity index (χ2n) is 5.66. The van der Waals surface area contributed by atoms with Crippen LogP contribution in [0.25, 0.3) is 0 Å². The summed E-state index contributed by atoms with van der Waals surface area (Å²) in [6, 6.07) is 22.1. The van der Waals surface area contributed by atoms with Gasteiger partial charge in [-0.3, -0.25) is 4.79 Å². The molecule has 0 unspecified atom stereocenters. The summed E-state index contributed by atoms with van der Waals surface area (Å²) in [4.78, 5) is 25.5. The number of hydrogen-bond acceptors (Lipinski definition) is 4. The molecule has 3 aromatic carbocycles. The van der Waals surface area contributed by atoms with Crippen molar-refractivity contribution in [1.82, 2.24) is 0 Å². The fourth-order valence-corrected chi connectivity index (χ4v) is 2.62. The van der Waals surface area contributed by atoms with E-state index in [2.05, 4.69) is 0 Å². The van der Waals surface area contributed by atoms with Crippen LogP contribution in [-0.2, 0) is 4.74 Å². The highest BCUT2D eigenvalue weighted by molar-refractivity contribution is 6.33. The predicted octanol–water partition coefficient (Wildman–Crippen LogP) is 4.70. The lowest BCUT2D eigenvalue weighted by molar-refractivity contribution is 0.0280. The van der Waals surface area contributed by atoms with Crippen molar-refractivity contribution in [2.24, 2.45) is 0 Å². The van der Waals surface area contributed by atoms with Gasteiger partial charge >= 0.3 is 5.97 Å². The maximum atomic E-state index is 12.9. The number of ether oxygens (including phenoxy) is 1. The van der Waals surface area contributed by atoms with Crippen LogP contribution in [0.4, 0.5) is 5.69 Å². The van der Waals surface area contributed by atoms with Gasteiger partial charge in [0.2, 0.25) is 5.78 Å². The Kier molecular flexibility index (Phi) is 5.34. The second kappa shape index (κ2) is 7.85. The summed E-state index contributed by atoms with van der Waals surface area (Å²) < 4.78 is 5.55. The SMILES string of the molecule is Nc1cc(C(=O)O[C@H](C(=O)c2ccccc2)c2ccccc2)ccc1Cl. The van der Waals surface area contributed by atoms with Crippen molar-refractivity contribution in [3.63, 3.8) is 0 Å². The molecular formula is C21H16ClNO3. The lowest BCUT2D eigenvalue weighted by Crippen LogP contribution is -2.20. The lowest BCUT2D eigenvalue weighted by atomic mass is 10.00. The molecule has 0 bridgehead atoms. The zero-order valence-corrected chi connectivity index (χ0v) is 14.5. The number of rotatable bonds is 5. The van der Waals surface area contributed by atoms with E-state index < -0.39 is 12.1 Å². The van der Waals surface area contributed by atoms with Crippen LogP contribution >= 0.6 is 11.6 Å². The zero-order chi connectivity index (χ0) is 18.5. The van der Waals surface area contributed by atoms with Crippen LogP contribution in [-0.4, -0.2) is 11.8 Å². The molecule has 3 rings (SSSR count). The normalized spacial score (nSPS) is 11.6. The Labute approximate surface area is 156 Å². The summed E-state index contributed by atoms with van der Waals surface area (Å²) in [5.41, 5.74) is 7.30. The smallest absolute Gasteiger partial charge is 0.339 e. The average molecular weight is 366 g/mol. The third-order valence-corrected chi connectivity index (χ3v) is 4.20. The molecule has 0 saturated carbocycles. The summed E-state index contributed by atoms with van der Waals surface area (Å²) >= 11 is 5.89. The van der Waals surface area contributed by atoms with E-state index in [0.717, 1.165) is 0 Å². The van der Waals surface area contributed by atoms with Crippen LogP contribution in [0.15, 0.2) is 78.9 Å². The molecule has 0 aliphatic rings. The third-order valence-electron chi connectivity index (χ3n) is 3.86. The largest absolute Gasteiger partial charge is 0.445 e. The highest BCUT2D eigenvalue weighted by Gasteiger charge is 2.26. The van der Waals surface area contributed by atoms with Gasteiger partial charge in [-0.2, -0.15) is 0 Å². The molecule has 0 heterocycles. The van der Waals surface area contributed by atoms with Crippen molar-refractivity contribution >= 4 is 29.0 Å².